The van der Waals surface area contributed by atoms with E-state index in [1.165, 1.54) is 0 Å². The van der Waals surface area contributed by atoms with Crippen molar-refractivity contribution in [2.24, 2.45) is 0 Å². The van der Waals surface area contributed by atoms with Crippen LogP contribution in [0.4, 0.5) is 17.2 Å². The molecule has 8 nitrogen and oxygen atoms in total. The molecular formula is C23H24N6O2. The molecule has 3 N–H and O–H groups in total. The van der Waals surface area contributed by atoms with Crippen LogP contribution in [0.25, 0.3) is 10.9 Å². The lowest BCUT2D eigenvalue weighted by Gasteiger charge is -2.13. The Kier molecular flexibility index (Phi) is 6.09. The molecule has 0 aliphatic carbocycles. The van der Waals surface area contributed by atoms with Crippen LogP contribution in [0.1, 0.15) is 10.4 Å². The zero-order valence-corrected chi connectivity index (χ0v) is 17.4. The van der Waals surface area contributed by atoms with Crippen molar-refractivity contribution in [1.29, 1.82) is 0 Å². The molecule has 0 aliphatic rings. The Hall–Kier alpha value is -3.91. The summed E-state index contributed by atoms with van der Waals surface area (Å²) in [5.41, 5.74) is 2.80. The average molecular weight is 416 g/mol. The summed E-state index contributed by atoms with van der Waals surface area (Å²) < 4.78 is 5.75. The highest BCUT2D eigenvalue weighted by Crippen LogP contribution is 2.23. The van der Waals surface area contributed by atoms with Crippen molar-refractivity contribution < 1.29 is 9.53 Å². The van der Waals surface area contributed by atoms with Gasteiger partial charge in [0.1, 0.15) is 18.2 Å². The van der Waals surface area contributed by atoms with Gasteiger partial charge in [-0.25, -0.2) is 4.98 Å². The Balaban J connectivity index is 1.48. The Bertz CT molecular complexity index is 1190. The van der Waals surface area contributed by atoms with E-state index in [9.17, 15) is 4.79 Å². The van der Waals surface area contributed by atoms with Crippen LogP contribution in [-0.4, -0.2) is 53.2 Å². The lowest BCUT2D eigenvalue weighted by atomic mass is 10.2. The summed E-state index contributed by atoms with van der Waals surface area (Å²) in [6, 6.07) is 16.6. The van der Waals surface area contributed by atoms with E-state index in [-0.39, 0.29) is 5.91 Å². The van der Waals surface area contributed by atoms with Crippen LogP contribution in [0, 0.1) is 0 Å². The highest BCUT2D eigenvalue weighted by molar-refractivity contribution is 6.08. The molecule has 1 amide bonds. The second-order valence-electron chi connectivity index (χ2n) is 7.33. The third kappa shape index (κ3) is 5.18. The van der Waals surface area contributed by atoms with Crippen molar-refractivity contribution in [1.82, 2.24) is 20.1 Å². The molecule has 31 heavy (non-hydrogen) atoms. The van der Waals surface area contributed by atoms with Crippen LogP contribution in [0.3, 0.4) is 0 Å². The van der Waals surface area contributed by atoms with Crippen LogP contribution in [0.2, 0.25) is 0 Å². The molecular weight excluding hydrogens is 392 g/mol. The minimum atomic E-state index is -0.261. The molecule has 158 valence electrons. The van der Waals surface area contributed by atoms with Gasteiger partial charge in [-0.05, 0) is 56.6 Å². The predicted molar refractivity (Wildman–Crippen MR) is 122 cm³/mol. The Morgan fingerprint density at radius 1 is 1.10 bits per heavy atom. The molecule has 0 saturated heterocycles. The number of carbonyl (C=O) groups excluding carboxylic acids is 1. The first kappa shape index (κ1) is 20.4. The summed E-state index contributed by atoms with van der Waals surface area (Å²) in [6.07, 6.45) is 3.41. The molecule has 4 aromatic rings. The van der Waals surface area contributed by atoms with Crippen LogP contribution in [-0.2, 0) is 0 Å². The summed E-state index contributed by atoms with van der Waals surface area (Å²) in [4.78, 5) is 19.4. The highest BCUT2D eigenvalue weighted by Gasteiger charge is 2.13. The minimum Gasteiger partial charge on any atom is -0.492 e. The number of hydrogen-bond acceptors (Lipinski definition) is 6. The third-order valence-electron chi connectivity index (χ3n) is 4.66. The maximum Gasteiger partial charge on any atom is 0.259 e. The molecule has 8 heteroatoms. The van der Waals surface area contributed by atoms with Gasteiger partial charge in [0.2, 0.25) is 0 Å². The van der Waals surface area contributed by atoms with E-state index in [2.05, 4.69) is 25.8 Å². The van der Waals surface area contributed by atoms with E-state index in [1.807, 2.05) is 61.5 Å². The lowest BCUT2D eigenvalue weighted by molar-refractivity contribution is 0.102. The number of nitrogens with zero attached hydrogens (tertiary/aromatic N) is 3. The Labute approximate surface area is 180 Å². The number of fused-ring (bicyclic) bond motifs is 1. The van der Waals surface area contributed by atoms with Gasteiger partial charge in [0.25, 0.3) is 5.91 Å². The number of H-pyrrole nitrogens is 1. The number of likely N-dealkylation sites (N-methyl/N-ethyl adjacent to an activating group) is 1. The normalized spacial score (nSPS) is 10.9. The van der Waals surface area contributed by atoms with Gasteiger partial charge in [-0.1, -0.05) is 6.07 Å². The van der Waals surface area contributed by atoms with Crippen LogP contribution < -0.4 is 15.4 Å². The number of aromatic amines is 1. The lowest BCUT2D eigenvalue weighted by Crippen LogP contribution is -2.19. The average Bonchev–Trinajstić information content (AvgIpc) is 3.22. The van der Waals surface area contributed by atoms with Crippen molar-refractivity contribution in [3.05, 3.63) is 72.6 Å². The van der Waals surface area contributed by atoms with E-state index in [0.717, 1.165) is 23.1 Å². The maximum absolute atomic E-state index is 13.0. The monoisotopic (exact) mass is 416 g/mol. The SMILES string of the molecule is CN(C)CCOc1cccc(NC(=O)c2cccnc2Nc2ccc3cn[nH]c3c2)c1. The van der Waals surface area contributed by atoms with E-state index < -0.39 is 0 Å². The van der Waals surface area contributed by atoms with E-state index in [1.54, 1.807) is 24.5 Å². The zero-order valence-electron chi connectivity index (χ0n) is 17.4. The first-order chi connectivity index (χ1) is 15.1. The fourth-order valence-corrected chi connectivity index (χ4v) is 3.05. The van der Waals surface area contributed by atoms with Gasteiger partial charge >= 0.3 is 0 Å². The molecule has 2 aromatic carbocycles. The summed E-state index contributed by atoms with van der Waals surface area (Å²) in [6.45, 7) is 1.38. The van der Waals surface area contributed by atoms with E-state index >= 15 is 0 Å². The number of hydrogen-bond donors (Lipinski definition) is 3. The molecule has 2 aromatic heterocycles. The van der Waals surface area contributed by atoms with Gasteiger partial charge < -0.3 is 20.3 Å². The number of carbonyl (C=O) groups is 1. The fraction of sp³-hybridized carbons (Fsp3) is 0.174. The van der Waals surface area contributed by atoms with E-state index in [0.29, 0.717) is 29.4 Å². The van der Waals surface area contributed by atoms with Crippen molar-refractivity contribution >= 4 is 34.0 Å². The van der Waals surface area contributed by atoms with Gasteiger partial charge in [-0.3, -0.25) is 9.89 Å². The zero-order chi connectivity index (χ0) is 21.6. The first-order valence-corrected chi connectivity index (χ1v) is 9.92. The number of benzene rings is 2. The van der Waals surface area contributed by atoms with Crippen molar-refractivity contribution in [3.63, 3.8) is 0 Å². The van der Waals surface area contributed by atoms with Crippen LogP contribution in [0.5, 0.6) is 5.75 Å². The quantitative estimate of drug-likeness (QED) is 0.403. The molecule has 0 aliphatic heterocycles. The first-order valence-electron chi connectivity index (χ1n) is 9.92. The number of amides is 1. The van der Waals surface area contributed by atoms with Gasteiger partial charge in [0, 0.05) is 35.6 Å². The minimum absolute atomic E-state index is 0.261. The molecule has 0 unspecified atom stereocenters. The number of aromatic nitrogens is 3. The molecule has 0 bridgehead atoms. The van der Waals surface area contributed by atoms with Crippen LogP contribution >= 0.6 is 0 Å². The van der Waals surface area contributed by atoms with Crippen molar-refractivity contribution in [2.45, 2.75) is 0 Å². The van der Waals surface area contributed by atoms with Crippen LogP contribution in [0.15, 0.2) is 67.0 Å². The van der Waals surface area contributed by atoms with Gasteiger partial charge in [-0.15, -0.1) is 0 Å². The summed E-state index contributed by atoms with van der Waals surface area (Å²) in [5, 5.41) is 14.1. The summed E-state index contributed by atoms with van der Waals surface area (Å²) in [5.74, 6) is 0.915. The molecule has 4 rings (SSSR count). The molecule has 0 radical (unpaired) electrons. The van der Waals surface area contributed by atoms with Crippen molar-refractivity contribution in [2.75, 3.05) is 37.9 Å². The second kappa shape index (κ2) is 9.27. The number of anilines is 3. The largest absolute Gasteiger partial charge is 0.492 e. The Morgan fingerprint density at radius 3 is 2.87 bits per heavy atom. The summed E-state index contributed by atoms with van der Waals surface area (Å²) in [7, 11) is 3.99. The standard InChI is InChI=1S/C23H24N6O2/c1-29(2)11-12-31-19-6-3-5-17(13-19)27-23(30)20-7-4-10-24-22(20)26-18-9-8-16-15-25-28-21(16)14-18/h3-10,13-15H,11-12H2,1-2H3,(H,24,26)(H,25,28)(H,27,30). The molecule has 2 heterocycles. The van der Waals surface area contributed by atoms with Gasteiger partial charge in [0.15, 0.2) is 0 Å². The third-order valence-corrected chi connectivity index (χ3v) is 4.66. The highest BCUT2D eigenvalue weighted by atomic mass is 16.5. The number of ether oxygens (including phenoxy) is 1. The maximum atomic E-state index is 13.0. The topological polar surface area (TPSA) is 95.2 Å². The van der Waals surface area contributed by atoms with Gasteiger partial charge in [-0.2, -0.15) is 5.10 Å². The molecule has 0 fully saturated rings. The van der Waals surface area contributed by atoms with Gasteiger partial charge in [0.05, 0.1) is 17.3 Å². The summed E-state index contributed by atoms with van der Waals surface area (Å²) >= 11 is 0. The van der Waals surface area contributed by atoms with E-state index in [4.69, 9.17) is 4.74 Å². The Morgan fingerprint density at radius 2 is 2.00 bits per heavy atom. The smallest absolute Gasteiger partial charge is 0.259 e. The molecule has 0 atom stereocenters. The number of pyridine rings is 1. The fourth-order valence-electron chi connectivity index (χ4n) is 3.05. The number of nitrogens with one attached hydrogen (secondary N) is 3. The van der Waals surface area contributed by atoms with Crippen molar-refractivity contribution in [3.8, 4) is 5.75 Å². The number of rotatable bonds is 8. The predicted octanol–water partition coefficient (Wildman–Crippen LogP) is 3.89. The molecule has 0 saturated carbocycles. The molecule has 0 spiro atoms. The second-order valence-corrected chi connectivity index (χ2v) is 7.33.